The van der Waals surface area contributed by atoms with E-state index in [2.05, 4.69) is 37.4 Å². The molecule has 0 spiro atoms. The minimum Gasteiger partial charge on any atom is -0.377 e. The van der Waals surface area contributed by atoms with E-state index < -0.39 is 0 Å². The van der Waals surface area contributed by atoms with Gasteiger partial charge in [0.1, 0.15) is 0 Å². The van der Waals surface area contributed by atoms with Gasteiger partial charge in [-0.15, -0.1) is 0 Å². The number of rotatable bonds is 4. The van der Waals surface area contributed by atoms with Crippen molar-refractivity contribution in [2.45, 2.75) is 63.9 Å². The maximum absolute atomic E-state index is 6.13. The summed E-state index contributed by atoms with van der Waals surface area (Å²) in [6.07, 6.45) is 5.94. The molecule has 1 aliphatic heterocycles. The zero-order chi connectivity index (χ0) is 13.0. The Balaban J connectivity index is 1.68. The van der Waals surface area contributed by atoms with E-state index in [0.717, 1.165) is 24.3 Å². The highest BCUT2D eigenvalue weighted by Gasteiger charge is 2.26. The number of ether oxygens (including phenoxy) is 1. The second-order valence-corrected chi connectivity index (χ2v) is 7.51. The molecule has 106 valence electrons. The molecule has 0 amide bonds. The Labute approximate surface area is 117 Å². The first-order valence-corrected chi connectivity index (χ1v) is 8.70. The number of nitrogens with zero attached hydrogens (tertiary/aromatic N) is 1. The number of thioether (sulfide) groups is 1. The molecule has 2 nitrogen and oxygen atoms in total. The standard InChI is InChI=1S/C15H29NOS/c1-12-6-4-5-7-15(12)17-10-8-16-9-11-18-14(3)13(16)2/h12-15H,4-11H2,1-3H3/t12-,13-,14-,15+/m1/s1. The molecule has 0 aromatic carbocycles. The third kappa shape index (κ3) is 3.88. The molecular formula is C15H29NOS. The molecule has 0 N–H and O–H groups in total. The first-order chi connectivity index (χ1) is 8.68. The van der Waals surface area contributed by atoms with Crippen molar-refractivity contribution >= 4 is 11.8 Å². The molecule has 0 bridgehead atoms. The Kier molecular flexibility index (Phi) is 5.84. The predicted octanol–water partition coefficient (Wildman–Crippen LogP) is 3.41. The fourth-order valence-electron chi connectivity index (χ4n) is 3.16. The summed E-state index contributed by atoms with van der Waals surface area (Å²) in [7, 11) is 0. The smallest absolute Gasteiger partial charge is 0.0601 e. The lowest BCUT2D eigenvalue weighted by molar-refractivity contribution is -0.0168. The quantitative estimate of drug-likeness (QED) is 0.777. The summed E-state index contributed by atoms with van der Waals surface area (Å²) in [6.45, 7) is 10.4. The highest BCUT2D eigenvalue weighted by Crippen LogP contribution is 2.27. The van der Waals surface area contributed by atoms with Crippen LogP contribution in [0.2, 0.25) is 0 Å². The topological polar surface area (TPSA) is 12.5 Å². The Morgan fingerprint density at radius 2 is 1.94 bits per heavy atom. The third-order valence-corrected chi connectivity index (χ3v) is 6.10. The van der Waals surface area contributed by atoms with Gasteiger partial charge in [-0.1, -0.05) is 26.7 Å². The molecule has 1 aliphatic carbocycles. The molecule has 0 unspecified atom stereocenters. The van der Waals surface area contributed by atoms with Crippen molar-refractivity contribution in [1.82, 2.24) is 4.90 Å². The summed E-state index contributed by atoms with van der Waals surface area (Å²) < 4.78 is 6.13. The summed E-state index contributed by atoms with van der Waals surface area (Å²) in [4.78, 5) is 2.61. The third-order valence-electron chi connectivity index (χ3n) is 4.76. The molecule has 2 fully saturated rings. The molecule has 2 aliphatic rings. The fourth-order valence-corrected chi connectivity index (χ4v) is 4.32. The molecule has 1 saturated carbocycles. The maximum atomic E-state index is 6.13. The first-order valence-electron chi connectivity index (χ1n) is 7.65. The van der Waals surface area contributed by atoms with Gasteiger partial charge in [-0.25, -0.2) is 0 Å². The molecular weight excluding hydrogens is 242 g/mol. The van der Waals surface area contributed by atoms with Gasteiger partial charge in [-0.3, -0.25) is 4.90 Å². The normalized spacial score (nSPS) is 38.8. The summed E-state index contributed by atoms with van der Waals surface area (Å²) in [5, 5.41) is 0.771. The van der Waals surface area contributed by atoms with Crippen LogP contribution in [0, 0.1) is 5.92 Å². The van der Waals surface area contributed by atoms with Crippen molar-refractivity contribution in [1.29, 1.82) is 0 Å². The van der Waals surface area contributed by atoms with Crippen molar-refractivity contribution in [2.75, 3.05) is 25.4 Å². The maximum Gasteiger partial charge on any atom is 0.0601 e. The lowest BCUT2D eigenvalue weighted by Gasteiger charge is -2.38. The summed E-state index contributed by atoms with van der Waals surface area (Å²) in [5.74, 6) is 2.05. The van der Waals surface area contributed by atoms with Crippen LogP contribution < -0.4 is 0 Å². The van der Waals surface area contributed by atoms with Crippen LogP contribution in [0.4, 0.5) is 0 Å². The first kappa shape index (κ1) is 14.7. The van der Waals surface area contributed by atoms with E-state index in [4.69, 9.17) is 4.74 Å². The van der Waals surface area contributed by atoms with Crippen molar-refractivity contribution in [3.05, 3.63) is 0 Å². The summed E-state index contributed by atoms with van der Waals surface area (Å²) >= 11 is 2.11. The van der Waals surface area contributed by atoms with Crippen LogP contribution >= 0.6 is 11.8 Å². The Morgan fingerprint density at radius 3 is 2.72 bits per heavy atom. The molecule has 1 heterocycles. The largest absolute Gasteiger partial charge is 0.377 e. The van der Waals surface area contributed by atoms with Crippen LogP contribution in [0.25, 0.3) is 0 Å². The van der Waals surface area contributed by atoms with E-state index in [1.807, 2.05) is 0 Å². The minimum absolute atomic E-state index is 0.533. The average Bonchev–Trinajstić information content (AvgIpc) is 2.37. The SMILES string of the molecule is C[C@@H]1CCCC[C@@H]1OCCN1CCS[C@H](C)[C@H]1C. The van der Waals surface area contributed by atoms with E-state index in [0.29, 0.717) is 12.1 Å². The van der Waals surface area contributed by atoms with E-state index in [1.54, 1.807) is 0 Å². The van der Waals surface area contributed by atoms with Crippen molar-refractivity contribution < 1.29 is 4.74 Å². The van der Waals surface area contributed by atoms with Crippen LogP contribution in [0.1, 0.15) is 46.5 Å². The minimum atomic E-state index is 0.533. The molecule has 0 aromatic rings. The van der Waals surface area contributed by atoms with Gasteiger partial charge >= 0.3 is 0 Å². The lowest BCUT2D eigenvalue weighted by Crippen LogP contribution is -2.46. The second kappa shape index (κ2) is 7.16. The lowest BCUT2D eigenvalue weighted by atomic mass is 9.88. The van der Waals surface area contributed by atoms with Gasteiger partial charge < -0.3 is 4.74 Å². The second-order valence-electron chi connectivity index (χ2n) is 6.02. The highest BCUT2D eigenvalue weighted by atomic mass is 32.2. The van der Waals surface area contributed by atoms with E-state index in [9.17, 15) is 0 Å². The highest BCUT2D eigenvalue weighted by molar-refractivity contribution is 8.00. The van der Waals surface area contributed by atoms with Crippen LogP contribution in [0.15, 0.2) is 0 Å². The van der Waals surface area contributed by atoms with Crippen molar-refractivity contribution in [3.8, 4) is 0 Å². The van der Waals surface area contributed by atoms with Gasteiger partial charge in [0.2, 0.25) is 0 Å². The molecule has 1 saturated heterocycles. The zero-order valence-corrected chi connectivity index (χ0v) is 13.0. The van der Waals surface area contributed by atoms with Crippen LogP contribution in [-0.2, 0) is 4.74 Å². The molecule has 0 aromatic heterocycles. The summed E-state index contributed by atoms with van der Waals surface area (Å²) in [6, 6.07) is 0.705. The molecule has 2 rings (SSSR count). The van der Waals surface area contributed by atoms with Gasteiger partial charge in [0, 0.05) is 30.1 Å². The Bertz CT molecular complexity index is 249. The van der Waals surface area contributed by atoms with Gasteiger partial charge in [-0.05, 0) is 25.7 Å². The molecule has 0 radical (unpaired) electrons. The van der Waals surface area contributed by atoms with Gasteiger partial charge in [0.05, 0.1) is 12.7 Å². The van der Waals surface area contributed by atoms with Crippen LogP contribution in [-0.4, -0.2) is 47.7 Å². The van der Waals surface area contributed by atoms with Crippen LogP contribution in [0.3, 0.4) is 0 Å². The predicted molar refractivity (Wildman–Crippen MR) is 80.3 cm³/mol. The van der Waals surface area contributed by atoms with Gasteiger partial charge in [0.25, 0.3) is 0 Å². The number of hydrogen-bond donors (Lipinski definition) is 0. The van der Waals surface area contributed by atoms with Gasteiger partial charge in [-0.2, -0.15) is 11.8 Å². The zero-order valence-electron chi connectivity index (χ0n) is 12.2. The van der Waals surface area contributed by atoms with E-state index in [-0.39, 0.29) is 0 Å². The fraction of sp³-hybridized carbons (Fsp3) is 1.00. The van der Waals surface area contributed by atoms with E-state index in [1.165, 1.54) is 38.0 Å². The Morgan fingerprint density at radius 1 is 1.17 bits per heavy atom. The van der Waals surface area contributed by atoms with E-state index >= 15 is 0 Å². The monoisotopic (exact) mass is 271 g/mol. The average molecular weight is 271 g/mol. The van der Waals surface area contributed by atoms with Crippen LogP contribution in [0.5, 0.6) is 0 Å². The molecule has 18 heavy (non-hydrogen) atoms. The Hall–Kier alpha value is 0.270. The summed E-state index contributed by atoms with van der Waals surface area (Å²) in [5.41, 5.74) is 0. The van der Waals surface area contributed by atoms with Crippen molar-refractivity contribution in [3.63, 3.8) is 0 Å². The molecule has 3 heteroatoms. The number of hydrogen-bond acceptors (Lipinski definition) is 3. The van der Waals surface area contributed by atoms with Gasteiger partial charge in [0.15, 0.2) is 0 Å². The van der Waals surface area contributed by atoms with Crippen molar-refractivity contribution in [2.24, 2.45) is 5.92 Å². The molecule has 4 atom stereocenters.